The first-order valence-corrected chi connectivity index (χ1v) is 6.34. The Morgan fingerprint density at radius 3 is 2.47 bits per heavy atom. The molecule has 2 nitrogen and oxygen atoms in total. The van der Waals surface area contributed by atoms with Gasteiger partial charge in [-0.3, -0.25) is 0 Å². The molecule has 1 atom stereocenters. The van der Waals surface area contributed by atoms with E-state index in [4.69, 9.17) is 10.5 Å². The second kappa shape index (κ2) is 5.85. The summed E-state index contributed by atoms with van der Waals surface area (Å²) >= 11 is 0. The van der Waals surface area contributed by atoms with Crippen molar-refractivity contribution < 1.29 is 9.13 Å². The number of benzene rings is 2. The molecule has 0 saturated carbocycles. The fraction of sp³-hybridized carbons (Fsp3) is 0.250. The molecule has 0 aliphatic rings. The quantitative estimate of drug-likeness (QED) is 0.909. The number of hydrogen-bond donors (Lipinski definition) is 1. The van der Waals surface area contributed by atoms with Crippen LogP contribution in [0.15, 0.2) is 48.5 Å². The minimum atomic E-state index is -0.489. The molecule has 2 aromatic carbocycles. The SMILES string of the molecule is CC(C)Oc1cccc(C(N)c2ccccc2F)c1. The van der Waals surface area contributed by atoms with Crippen LogP contribution in [0.5, 0.6) is 5.75 Å². The number of halogens is 1. The third-order valence-corrected chi connectivity index (χ3v) is 2.83. The Bertz CT molecular complexity index is 554. The molecule has 19 heavy (non-hydrogen) atoms. The van der Waals surface area contributed by atoms with Crippen LogP contribution in [0, 0.1) is 5.82 Å². The summed E-state index contributed by atoms with van der Waals surface area (Å²) in [5.41, 5.74) is 7.45. The van der Waals surface area contributed by atoms with Gasteiger partial charge in [0.15, 0.2) is 0 Å². The number of nitrogens with two attached hydrogens (primary N) is 1. The van der Waals surface area contributed by atoms with E-state index in [0.29, 0.717) is 5.56 Å². The van der Waals surface area contributed by atoms with Gasteiger partial charge in [-0.2, -0.15) is 0 Å². The lowest BCUT2D eigenvalue weighted by Crippen LogP contribution is -2.14. The molecule has 0 radical (unpaired) electrons. The van der Waals surface area contributed by atoms with Crippen molar-refractivity contribution in [2.75, 3.05) is 0 Å². The second-order valence-electron chi connectivity index (χ2n) is 4.74. The molecule has 0 aliphatic heterocycles. The van der Waals surface area contributed by atoms with Crippen molar-refractivity contribution in [2.24, 2.45) is 5.73 Å². The van der Waals surface area contributed by atoms with Gasteiger partial charge in [0.1, 0.15) is 11.6 Å². The van der Waals surface area contributed by atoms with E-state index in [1.54, 1.807) is 18.2 Å². The molecule has 0 aliphatic carbocycles. The highest BCUT2D eigenvalue weighted by atomic mass is 19.1. The standard InChI is InChI=1S/C16H18FNO/c1-11(2)19-13-7-5-6-12(10-13)16(18)14-8-3-4-9-15(14)17/h3-11,16H,18H2,1-2H3. The van der Waals surface area contributed by atoms with Crippen LogP contribution < -0.4 is 10.5 Å². The van der Waals surface area contributed by atoms with Gasteiger partial charge in [-0.15, -0.1) is 0 Å². The summed E-state index contributed by atoms with van der Waals surface area (Å²) in [4.78, 5) is 0. The zero-order valence-corrected chi connectivity index (χ0v) is 11.1. The first-order chi connectivity index (χ1) is 9.08. The molecule has 0 fully saturated rings. The predicted octanol–water partition coefficient (Wildman–Crippen LogP) is 3.66. The van der Waals surface area contributed by atoms with Crippen LogP contribution >= 0.6 is 0 Å². The maximum atomic E-state index is 13.7. The minimum absolute atomic E-state index is 0.0972. The zero-order chi connectivity index (χ0) is 13.8. The van der Waals surface area contributed by atoms with Crippen LogP contribution in [0.1, 0.15) is 31.0 Å². The molecule has 100 valence electrons. The molecule has 0 aromatic heterocycles. The fourth-order valence-electron chi connectivity index (χ4n) is 1.96. The van der Waals surface area contributed by atoms with Crippen molar-refractivity contribution in [1.29, 1.82) is 0 Å². The van der Waals surface area contributed by atoms with Crippen LogP contribution in [0.4, 0.5) is 4.39 Å². The van der Waals surface area contributed by atoms with Crippen molar-refractivity contribution in [3.63, 3.8) is 0 Å². The molecule has 2 rings (SSSR count). The van der Waals surface area contributed by atoms with E-state index in [1.165, 1.54) is 6.07 Å². The van der Waals surface area contributed by atoms with E-state index >= 15 is 0 Å². The lowest BCUT2D eigenvalue weighted by molar-refractivity contribution is 0.242. The van der Waals surface area contributed by atoms with Crippen molar-refractivity contribution in [2.45, 2.75) is 26.0 Å². The smallest absolute Gasteiger partial charge is 0.128 e. The summed E-state index contributed by atoms with van der Waals surface area (Å²) < 4.78 is 19.3. The van der Waals surface area contributed by atoms with Gasteiger partial charge in [0.25, 0.3) is 0 Å². The van der Waals surface area contributed by atoms with E-state index in [1.807, 2.05) is 38.1 Å². The normalized spacial score (nSPS) is 12.5. The molecular formula is C16H18FNO. The maximum Gasteiger partial charge on any atom is 0.128 e. The molecule has 0 bridgehead atoms. The molecule has 0 saturated heterocycles. The van der Waals surface area contributed by atoms with Crippen LogP contribution in [0.3, 0.4) is 0 Å². The molecular weight excluding hydrogens is 241 g/mol. The lowest BCUT2D eigenvalue weighted by Gasteiger charge is -2.16. The molecule has 2 aromatic rings. The molecule has 2 N–H and O–H groups in total. The maximum absolute atomic E-state index is 13.7. The van der Waals surface area contributed by atoms with Gasteiger partial charge < -0.3 is 10.5 Å². The summed E-state index contributed by atoms with van der Waals surface area (Å²) in [6.45, 7) is 3.92. The third kappa shape index (κ3) is 3.32. The van der Waals surface area contributed by atoms with Crippen LogP contribution in [-0.2, 0) is 0 Å². The first kappa shape index (κ1) is 13.6. The highest BCUT2D eigenvalue weighted by molar-refractivity contribution is 5.36. The fourth-order valence-corrected chi connectivity index (χ4v) is 1.96. The average molecular weight is 259 g/mol. The summed E-state index contributed by atoms with van der Waals surface area (Å²) in [6.07, 6.45) is 0.0972. The Morgan fingerprint density at radius 1 is 1.05 bits per heavy atom. The number of ether oxygens (including phenoxy) is 1. The number of rotatable bonds is 4. The Kier molecular flexibility index (Phi) is 4.17. The Hall–Kier alpha value is -1.87. The largest absolute Gasteiger partial charge is 0.491 e. The van der Waals surface area contributed by atoms with E-state index in [9.17, 15) is 4.39 Å². The van der Waals surface area contributed by atoms with Gasteiger partial charge in [-0.1, -0.05) is 30.3 Å². The van der Waals surface area contributed by atoms with Crippen molar-refractivity contribution in [3.8, 4) is 5.75 Å². The van der Waals surface area contributed by atoms with E-state index < -0.39 is 6.04 Å². The molecule has 0 amide bonds. The Balaban J connectivity index is 2.29. The third-order valence-electron chi connectivity index (χ3n) is 2.83. The highest BCUT2D eigenvalue weighted by Gasteiger charge is 2.13. The summed E-state index contributed by atoms with van der Waals surface area (Å²) in [5, 5.41) is 0. The Morgan fingerprint density at radius 2 is 1.79 bits per heavy atom. The average Bonchev–Trinajstić information content (AvgIpc) is 2.38. The summed E-state index contributed by atoms with van der Waals surface area (Å²) in [5.74, 6) is 0.462. The summed E-state index contributed by atoms with van der Waals surface area (Å²) in [6, 6.07) is 13.6. The van der Waals surface area contributed by atoms with Gasteiger partial charge in [-0.25, -0.2) is 4.39 Å². The predicted molar refractivity (Wildman–Crippen MR) is 74.6 cm³/mol. The van der Waals surface area contributed by atoms with E-state index in [-0.39, 0.29) is 11.9 Å². The van der Waals surface area contributed by atoms with Gasteiger partial charge in [-0.05, 0) is 37.6 Å². The zero-order valence-electron chi connectivity index (χ0n) is 11.1. The second-order valence-corrected chi connectivity index (χ2v) is 4.74. The topological polar surface area (TPSA) is 35.2 Å². The summed E-state index contributed by atoms with van der Waals surface area (Å²) in [7, 11) is 0. The first-order valence-electron chi connectivity index (χ1n) is 6.34. The van der Waals surface area contributed by atoms with Gasteiger partial charge in [0.2, 0.25) is 0 Å². The molecule has 1 unspecified atom stereocenters. The van der Waals surface area contributed by atoms with E-state index in [0.717, 1.165) is 11.3 Å². The monoisotopic (exact) mass is 259 g/mol. The molecule has 0 spiro atoms. The lowest BCUT2D eigenvalue weighted by atomic mass is 9.99. The number of hydrogen-bond acceptors (Lipinski definition) is 2. The highest BCUT2D eigenvalue weighted by Crippen LogP contribution is 2.25. The van der Waals surface area contributed by atoms with Crippen LogP contribution in [0.2, 0.25) is 0 Å². The van der Waals surface area contributed by atoms with Crippen molar-refractivity contribution >= 4 is 0 Å². The van der Waals surface area contributed by atoms with Gasteiger partial charge in [0, 0.05) is 5.56 Å². The van der Waals surface area contributed by atoms with Gasteiger partial charge >= 0.3 is 0 Å². The van der Waals surface area contributed by atoms with Gasteiger partial charge in [0.05, 0.1) is 12.1 Å². The Labute approximate surface area is 113 Å². The van der Waals surface area contributed by atoms with E-state index in [2.05, 4.69) is 0 Å². The molecule has 3 heteroatoms. The minimum Gasteiger partial charge on any atom is -0.491 e. The van der Waals surface area contributed by atoms with Crippen molar-refractivity contribution in [1.82, 2.24) is 0 Å². The van der Waals surface area contributed by atoms with Crippen LogP contribution in [0.25, 0.3) is 0 Å². The molecule has 0 heterocycles. The van der Waals surface area contributed by atoms with Crippen molar-refractivity contribution in [3.05, 3.63) is 65.5 Å². The van der Waals surface area contributed by atoms with Crippen LogP contribution in [-0.4, -0.2) is 6.10 Å².